The molecule has 0 aromatic carbocycles. The van der Waals surface area contributed by atoms with Gasteiger partial charge in [-0.3, -0.25) is 0 Å². The molecule has 0 radical (unpaired) electrons. The molecule has 0 fully saturated rings. The summed E-state index contributed by atoms with van der Waals surface area (Å²) in [6, 6.07) is 0. The van der Waals surface area contributed by atoms with Gasteiger partial charge in [0.05, 0.1) is 0 Å². The summed E-state index contributed by atoms with van der Waals surface area (Å²) in [5, 5.41) is 10.5. The number of rotatable bonds is 2. The monoisotopic (exact) mass is 192 g/mol. The van der Waals surface area contributed by atoms with E-state index in [0.717, 1.165) is 24.0 Å². The van der Waals surface area contributed by atoms with Crippen LogP contribution >= 0.6 is 0 Å². The molecule has 1 nitrogen and oxygen atoms in total. The van der Waals surface area contributed by atoms with Crippen molar-refractivity contribution in [2.45, 2.75) is 39.2 Å². The molecule has 2 atom stereocenters. The van der Waals surface area contributed by atoms with Crippen LogP contribution in [0.15, 0.2) is 36.0 Å². The third-order valence-electron chi connectivity index (χ3n) is 3.10. The maximum absolute atomic E-state index is 10.5. The molecule has 0 unspecified atom stereocenters. The third kappa shape index (κ3) is 1.83. The highest BCUT2D eigenvalue weighted by molar-refractivity contribution is 5.32. The molecule has 0 spiro atoms. The molecule has 0 saturated heterocycles. The summed E-state index contributed by atoms with van der Waals surface area (Å²) in [5.74, 6) is 0.128. The van der Waals surface area contributed by atoms with Crippen LogP contribution in [-0.4, -0.2) is 10.7 Å². The molecule has 0 aromatic rings. The zero-order valence-corrected chi connectivity index (χ0v) is 9.43. The first-order valence-corrected chi connectivity index (χ1v) is 5.10. The van der Waals surface area contributed by atoms with Crippen molar-refractivity contribution in [3.63, 3.8) is 0 Å². The van der Waals surface area contributed by atoms with E-state index in [2.05, 4.69) is 20.1 Å². The second-order valence-electron chi connectivity index (χ2n) is 4.53. The molecule has 0 amide bonds. The first-order chi connectivity index (χ1) is 6.38. The summed E-state index contributed by atoms with van der Waals surface area (Å²) in [6.07, 6.45) is 3.96. The molecular formula is C13H20O. The van der Waals surface area contributed by atoms with Crippen molar-refractivity contribution in [3.8, 4) is 0 Å². The largest absolute Gasteiger partial charge is 0.381 e. The van der Waals surface area contributed by atoms with E-state index in [-0.39, 0.29) is 5.92 Å². The van der Waals surface area contributed by atoms with E-state index in [1.165, 1.54) is 5.57 Å². The van der Waals surface area contributed by atoms with Crippen LogP contribution in [0.5, 0.6) is 0 Å². The predicted molar refractivity (Wildman–Crippen MR) is 61.1 cm³/mol. The van der Waals surface area contributed by atoms with E-state index < -0.39 is 5.60 Å². The molecular weight excluding hydrogens is 172 g/mol. The van der Waals surface area contributed by atoms with Crippen LogP contribution in [-0.2, 0) is 0 Å². The molecule has 1 aliphatic rings. The summed E-state index contributed by atoms with van der Waals surface area (Å²) in [6.45, 7) is 13.8. The maximum atomic E-state index is 10.5. The van der Waals surface area contributed by atoms with E-state index in [4.69, 9.17) is 0 Å². The molecule has 0 heterocycles. The standard InChI is InChI=1S/C13H20O/c1-9(2)12-7-6-11(5)8-13(12,14)10(3)4/h8,12,14H,1,3,6-7H2,2,4-5H3/t12-,13+/m0/s1. The second-order valence-corrected chi connectivity index (χ2v) is 4.53. The van der Waals surface area contributed by atoms with Crippen molar-refractivity contribution >= 4 is 0 Å². The van der Waals surface area contributed by atoms with E-state index in [1.807, 2.05) is 19.9 Å². The van der Waals surface area contributed by atoms with Gasteiger partial charge in [0.25, 0.3) is 0 Å². The molecule has 1 N–H and O–H groups in total. The minimum absolute atomic E-state index is 0.128. The molecule has 0 aromatic heterocycles. The van der Waals surface area contributed by atoms with Gasteiger partial charge >= 0.3 is 0 Å². The lowest BCUT2D eigenvalue weighted by atomic mass is 9.71. The Morgan fingerprint density at radius 2 is 2.07 bits per heavy atom. The quantitative estimate of drug-likeness (QED) is 0.666. The smallest absolute Gasteiger partial charge is 0.110 e. The van der Waals surface area contributed by atoms with Crippen LogP contribution in [0.2, 0.25) is 0 Å². The van der Waals surface area contributed by atoms with Gasteiger partial charge in [-0.2, -0.15) is 0 Å². The van der Waals surface area contributed by atoms with E-state index in [1.54, 1.807) is 0 Å². The van der Waals surface area contributed by atoms with Gasteiger partial charge in [-0.15, -0.1) is 0 Å². The Balaban J connectivity index is 3.11. The van der Waals surface area contributed by atoms with Crippen LogP contribution < -0.4 is 0 Å². The highest BCUT2D eigenvalue weighted by Crippen LogP contribution is 2.39. The van der Waals surface area contributed by atoms with Crippen molar-refractivity contribution in [1.82, 2.24) is 0 Å². The zero-order valence-electron chi connectivity index (χ0n) is 9.43. The average Bonchev–Trinajstić information content (AvgIpc) is 2.02. The fourth-order valence-electron chi connectivity index (χ4n) is 2.18. The molecule has 1 aliphatic carbocycles. The lowest BCUT2D eigenvalue weighted by molar-refractivity contribution is 0.0690. The van der Waals surface area contributed by atoms with Crippen LogP contribution in [0.25, 0.3) is 0 Å². The molecule has 0 aliphatic heterocycles. The fraction of sp³-hybridized carbons (Fsp3) is 0.538. The molecule has 14 heavy (non-hydrogen) atoms. The summed E-state index contributed by atoms with van der Waals surface area (Å²) in [4.78, 5) is 0. The van der Waals surface area contributed by atoms with Crippen LogP contribution in [0.4, 0.5) is 0 Å². The number of allylic oxidation sites excluding steroid dienone is 1. The highest BCUT2D eigenvalue weighted by atomic mass is 16.3. The highest BCUT2D eigenvalue weighted by Gasteiger charge is 2.38. The molecule has 0 saturated carbocycles. The van der Waals surface area contributed by atoms with E-state index >= 15 is 0 Å². The Morgan fingerprint density at radius 3 is 2.50 bits per heavy atom. The lowest BCUT2D eigenvalue weighted by Crippen LogP contribution is -2.40. The minimum atomic E-state index is -0.867. The van der Waals surface area contributed by atoms with Gasteiger partial charge in [0.15, 0.2) is 0 Å². The maximum Gasteiger partial charge on any atom is 0.110 e. The Kier molecular flexibility index (Phi) is 3.01. The summed E-state index contributed by atoms with van der Waals surface area (Å²) < 4.78 is 0. The van der Waals surface area contributed by atoms with Gasteiger partial charge in [-0.1, -0.05) is 24.3 Å². The normalized spacial score (nSPS) is 32.3. The zero-order chi connectivity index (χ0) is 10.9. The van der Waals surface area contributed by atoms with E-state index in [9.17, 15) is 5.11 Å². The first-order valence-electron chi connectivity index (χ1n) is 5.10. The van der Waals surface area contributed by atoms with Gasteiger partial charge in [-0.05, 0) is 45.3 Å². The number of hydrogen-bond acceptors (Lipinski definition) is 1. The molecule has 1 rings (SSSR count). The van der Waals surface area contributed by atoms with Gasteiger partial charge in [-0.25, -0.2) is 0 Å². The van der Waals surface area contributed by atoms with Crippen molar-refractivity contribution < 1.29 is 5.11 Å². The average molecular weight is 192 g/mol. The molecule has 0 bridgehead atoms. The topological polar surface area (TPSA) is 20.2 Å². The van der Waals surface area contributed by atoms with Crippen LogP contribution in [0.3, 0.4) is 0 Å². The second kappa shape index (κ2) is 3.74. The van der Waals surface area contributed by atoms with E-state index in [0.29, 0.717) is 0 Å². The molecule has 78 valence electrons. The van der Waals surface area contributed by atoms with Crippen molar-refractivity contribution in [2.75, 3.05) is 0 Å². The number of hydrogen-bond donors (Lipinski definition) is 1. The Labute approximate surface area is 86.8 Å². The summed E-state index contributed by atoms with van der Waals surface area (Å²) in [7, 11) is 0. The summed E-state index contributed by atoms with van der Waals surface area (Å²) >= 11 is 0. The van der Waals surface area contributed by atoms with Gasteiger partial charge in [0, 0.05) is 5.92 Å². The van der Waals surface area contributed by atoms with Crippen LogP contribution in [0.1, 0.15) is 33.6 Å². The summed E-state index contributed by atoms with van der Waals surface area (Å²) in [5.41, 5.74) is 2.23. The van der Waals surface area contributed by atoms with Gasteiger partial charge in [0.2, 0.25) is 0 Å². The van der Waals surface area contributed by atoms with Gasteiger partial charge < -0.3 is 5.11 Å². The Bertz CT molecular complexity index is 298. The van der Waals surface area contributed by atoms with Gasteiger partial charge in [0.1, 0.15) is 5.60 Å². The van der Waals surface area contributed by atoms with Crippen molar-refractivity contribution in [3.05, 3.63) is 36.0 Å². The lowest BCUT2D eigenvalue weighted by Gasteiger charge is -2.39. The fourth-order valence-corrected chi connectivity index (χ4v) is 2.18. The molecule has 1 heteroatoms. The van der Waals surface area contributed by atoms with Crippen LogP contribution in [0, 0.1) is 5.92 Å². The van der Waals surface area contributed by atoms with Crippen molar-refractivity contribution in [1.29, 1.82) is 0 Å². The number of aliphatic hydroxyl groups is 1. The third-order valence-corrected chi connectivity index (χ3v) is 3.10. The Morgan fingerprint density at radius 1 is 1.50 bits per heavy atom. The first kappa shape index (κ1) is 11.3. The minimum Gasteiger partial charge on any atom is -0.381 e. The Hall–Kier alpha value is -0.820. The SMILES string of the molecule is C=C(C)[C@@H]1CCC(C)=C[C@@]1(O)C(=C)C. The predicted octanol–water partition coefficient (Wildman–Crippen LogP) is 3.23. The van der Waals surface area contributed by atoms with Crippen molar-refractivity contribution in [2.24, 2.45) is 5.92 Å².